The van der Waals surface area contributed by atoms with Crippen molar-refractivity contribution in [3.8, 4) is 0 Å². The first-order chi connectivity index (χ1) is 9.77. The summed E-state index contributed by atoms with van der Waals surface area (Å²) in [4.78, 5) is 0.268. The fourth-order valence-corrected chi connectivity index (χ4v) is 4.88. The maximum Gasteiger partial charge on any atom is 0.241 e. The zero-order valence-corrected chi connectivity index (χ0v) is 14.7. The molecule has 1 atom stereocenters. The Hall–Kier alpha value is -0.470. The van der Waals surface area contributed by atoms with Crippen LogP contribution in [0.5, 0.6) is 0 Å². The highest BCUT2D eigenvalue weighted by Crippen LogP contribution is 2.28. The summed E-state index contributed by atoms with van der Waals surface area (Å²) >= 11 is 3.40. The highest BCUT2D eigenvalue weighted by atomic mass is 79.9. The fraction of sp³-hybridized carbons (Fsp3) is 0.571. The third kappa shape index (κ3) is 3.84. The summed E-state index contributed by atoms with van der Waals surface area (Å²) < 4.78 is 34.4. The molecular weight excluding hydrogens is 356 g/mol. The average Bonchev–Trinajstić information content (AvgIpc) is 2.41. The van der Waals surface area contributed by atoms with Crippen molar-refractivity contribution in [2.75, 3.05) is 13.2 Å². The van der Waals surface area contributed by atoms with Crippen molar-refractivity contribution < 1.29 is 13.2 Å². The average molecular weight is 377 g/mol. The Bertz CT molecular complexity index is 625. The second kappa shape index (κ2) is 6.34. The molecule has 0 saturated carbocycles. The predicted molar refractivity (Wildman–Crippen MR) is 85.5 cm³/mol. The first kappa shape index (κ1) is 16.9. The zero-order valence-electron chi connectivity index (χ0n) is 12.3. The van der Waals surface area contributed by atoms with E-state index in [-0.39, 0.29) is 4.90 Å². The van der Waals surface area contributed by atoms with Crippen LogP contribution in [0.1, 0.15) is 30.9 Å². The lowest BCUT2D eigenvalue weighted by Gasteiger charge is -2.34. The number of nitrogens with one attached hydrogen (secondary N) is 1. The first-order valence-electron chi connectivity index (χ1n) is 6.88. The van der Waals surface area contributed by atoms with Crippen LogP contribution in [0.3, 0.4) is 0 Å². The van der Waals surface area contributed by atoms with Gasteiger partial charge in [0.2, 0.25) is 10.0 Å². The van der Waals surface area contributed by atoms with Gasteiger partial charge in [0.15, 0.2) is 0 Å². The smallest absolute Gasteiger partial charge is 0.241 e. The molecule has 0 aromatic heterocycles. The number of halogens is 1. The Morgan fingerprint density at radius 3 is 2.76 bits per heavy atom. The van der Waals surface area contributed by atoms with Gasteiger partial charge in [0.25, 0.3) is 0 Å². The van der Waals surface area contributed by atoms with Crippen LogP contribution >= 0.6 is 15.9 Å². The Labute approximate surface area is 134 Å². The molecule has 1 aliphatic heterocycles. The topological polar surface area (TPSA) is 81.4 Å². The molecule has 1 aromatic rings. The van der Waals surface area contributed by atoms with Crippen LogP contribution in [0.4, 0.5) is 0 Å². The van der Waals surface area contributed by atoms with Crippen LogP contribution in [0.15, 0.2) is 21.5 Å². The summed E-state index contributed by atoms with van der Waals surface area (Å²) in [6.07, 6.45) is 1.62. The lowest BCUT2D eigenvalue weighted by Crippen LogP contribution is -2.51. The van der Waals surface area contributed by atoms with E-state index in [0.29, 0.717) is 25.3 Å². The summed E-state index contributed by atoms with van der Waals surface area (Å²) in [5.41, 5.74) is 6.53. The van der Waals surface area contributed by atoms with Gasteiger partial charge in [-0.1, -0.05) is 15.9 Å². The zero-order chi connectivity index (χ0) is 15.7. The number of nitrogens with two attached hydrogens (primary N) is 1. The van der Waals surface area contributed by atoms with Gasteiger partial charge in [-0.25, -0.2) is 13.1 Å². The van der Waals surface area contributed by atoms with E-state index in [0.717, 1.165) is 22.9 Å². The molecule has 7 heteroatoms. The molecule has 21 heavy (non-hydrogen) atoms. The minimum absolute atomic E-state index is 0.268. The van der Waals surface area contributed by atoms with Crippen molar-refractivity contribution in [2.45, 2.75) is 43.7 Å². The summed E-state index contributed by atoms with van der Waals surface area (Å²) in [5, 5.41) is 0. The van der Waals surface area contributed by atoms with Gasteiger partial charge >= 0.3 is 0 Å². The molecule has 1 aliphatic rings. The van der Waals surface area contributed by atoms with Gasteiger partial charge in [-0.05, 0) is 49.9 Å². The molecule has 3 N–H and O–H groups in total. The van der Waals surface area contributed by atoms with E-state index >= 15 is 0 Å². The SMILES string of the molecule is Cc1c(Br)cc(CN)cc1S(=O)(=O)NC1(C)CCCOC1. The Balaban J connectivity index is 2.37. The van der Waals surface area contributed by atoms with Gasteiger partial charge in [0.1, 0.15) is 0 Å². The molecule has 0 radical (unpaired) electrons. The predicted octanol–water partition coefficient (Wildman–Crippen LogP) is 2.06. The molecular formula is C14H21BrN2O3S. The van der Waals surface area contributed by atoms with Crippen molar-refractivity contribution in [1.82, 2.24) is 4.72 Å². The van der Waals surface area contributed by atoms with E-state index in [2.05, 4.69) is 20.7 Å². The lowest BCUT2D eigenvalue weighted by molar-refractivity contribution is 0.0386. The normalized spacial score (nSPS) is 23.2. The molecule has 118 valence electrons. The molecule has 2 rings (SSSR count). The van der Waals surface area contributed by atoms with Crippen LogP contribution < -0.4 is 10.5 Å². The molecule has 1 aromatic carbocycles. The van der Waals surface area contributed by atoms with Gasteiger partial charge in [-0.2, -0.15) is 0 Å². The number of hydrogen-bond acceptors (Lipinski definition) is 4. The third-order valence-electron chi connectivity index (χ3n) is 3.70. The number of rotatable bonds is 4. The van der Waals surface area contributed by atoms with E-state index in [9.17, 15) is 8.42 Å². The van der Waals surface area contributed by atoms with E-state index in [1.54, 1.807) is 13.0 Å². The monoisotopic (exact) mass is 376 g/mol. The Morgan fingerprint density at radius 1 is 1.48 bits per heavy atom. The van der Waals surface area contributed by atoms with Crippen molar-refractivity contribution in [3.05, 3.63) is 27.7 Å². The summed E-state index contributed by atoms with van der Waals surface area (Å²) in [6, 6.07) is 3.48. The molecule has 1 fully saturated rings. The Morgan fingerprint density at radius 2 is 2.19 bits per heavy atom. The van der Waals surface area contributed by atoms with Crippen molar-refractivity contribution in [3.63, 3.8) is 0 Å². The highest BCUT2D eigenvalue weighted by Gasteiger charge is 2.33. The maximum atomic E-state index is 12.7. The first-order valence-corrected chi connectivity index (χ1v) is 9.16. The standard InChI is InChI=1S/C14H21BrN2O3S/c1-10-12(15)6-11(8-16)7-13(10)21(18,19)17-14(2)4-3-5-20-9-14/h6-7,17H,3-5,8-9,16H2,1-2H3. The minimum Gasteiger partial charge on any atom is -0.380 e. The summed E-state index contributed by atoms with van der Waals surface area (Å²) in [7, 11) is -3.62. The van der Waals surface area contributed by atoms with Crippen LogP contribution in [0, 0.1) is 6.92 Å². The van der Waals surface area contributed by atoms with Gasteiger partial charge in [0, 0.05) is 17.6 Å². The second-order valence-electron chi connectivity index (χ2n) is 5.73. The third-order valence-corrected chi connectivity index (χ3v) is 6.29. The number of benzene rings is 1. The highest BCUT2D eigenvalue weighted by molar-refractivity contribution is 9.10. The molecule has 1 saturated heterocycles. The molecule has 0 amide bonds. The maximum absolute atomic E-state index is 12.7. The summed E-state index contributed by atoms with van der Waals surface area (Å²) in [5.74, 6) is 0. The van der Waals surface area contributed by atoms with Gasteiger partial charge in [0.05, 0.1) is 17.0 Å². The van der Waals surface area contributed by atoms with E-state index in [4.69, 9.17) is 10.5 Å². The van der Waals surface area contributed by atoms with Gasteiger partial charge in [-0.3, -0.25) is 0 Å². The van der Waals surface area contributed by atoms with Crippen molar-refractivity contribution in [1.29, 1.82) is 0 Å². The lowest BCUT2D eigenvalue weighted by atomic mass is 9.97. The second-order valence-corrected chi connectivity index (χ2v) is 8.23. The molecule has 0 spiro atoms. The van der Waals surface area contributed by atoms with Crippen LogP contribution in [-0.4, -0.2) is 27.2 Å². The molecule has 1 heterocycles. The van der Waals surface area contributed by atoms with Crippen molar-refractivity contribution >= 4 is 26.0 Å². The number of ether oxygens (including phenoxy) is 1. The van der Waals surface area contributed by atoms with Crippen LogP contribution in [-0.2, 0) is 21.3 Å². The van der Waals surface area contributed by atoms with E-state index < -0.39 is 15.6 Å². The summed E-state index contributed by atoms with van der Waals surface area (Å²) in [6.45, 7) is 5.02. The van der Waals surface area contributed by atoms with Gasteiger partial charge < -0.3 is 10.5 Å². The van der Waals surface area contributed by atoms with Gasteiger partial charge in [-0.15, -0.1) is 0 Å². The Kier molecular flexibility index (Phi) is 5.10. The van der Waals surface area contributed by atoms with E-state index in [1.165, 1.54) is 0 Å². The quantitative estimate of drug-likeness (QED) is 0.842. The number of hydrogen-bond donors (Lipinski definition) is 2. The van der Waals surface area contributed by atoms with E-state index in [1.807, 2.05) is 13.0 Å². The molecule has 1 unspecified atom stereocenters. The van der Waals surface area contributed by atoms with Crippen LogP contribution in [0.2, 0.25) is 0 Å². The van der Waals surface area contributed by atoms with Crippen molar-refractivity contribution in [2.24, 2.45) is 5.73 Å². The van der Waals surface area contributed by atoms with Crippen LogP contribution in [0.25, 0.3) is 0 Å². The minimum atomic E-state index is -3.62. The largest absolute Gasteiger partial charge is 0.380 e. The molecule has 0 aliphatic carbocycles. The number of sulfonamides is 1. The molecule has 5 nitrogen and oxygen atoms in total. The fourth-order valence-electron chi connectivity index (χ4n) is 2.50. The molecule has 0 bridgehead atoms.